The van der Waals surface area contributed by atoms with E-state index in [9.17, 15) is 18.3 Å². The van der Waals surface area contributed by atoms with Crippen molar-refractivity contribution in [1.82, 2.24) is 0 Å². The molecule has 0 aliphatic heterocycles. The summed E-state index contributed by atoms with van der Waals surface area (Å²) in [7, 11) is 0. The molecule has 0 spiro atoms. The average molecular weight is 302 g/mol. The molecule has 0 radical (unpaired) electrons. The molecule has 0 aliphatic rings. The van der Waals surface area contributed by atoms with Crippen molar-refractivity contribution < 1.29 is 18.3 Å². The number of hydrogen-bond acceptors (Lipinski definition) is 1. The topological polar surface area (TPSA) is 20.2 Å². The lowest BCUT2D eigenvalue weighted by Crippen LogP contribution is -2.04. The third-order valence-electron chi connectivity index (χ3n) is 3.71. The molecule has 0 saturated carbocycles. The zero-order valence-electron chi connectivity index (χ0n) is 11.6. The zero-order chi connectivity index (χ0) is 15.7. The number of alkyl halides is 3. The van der Waals surface area contributed by atoms with Gasteiger partial charge in [-0.3, -0.25) is 0 Å². The summed E-state index contributed by atoms with van der Waals surface area (Å²) in [6, 6.07) is 16.3. The highest BCUT2D eigenvalue weighted by Crippen LogP contribution is 2.34. The minimum atomic E-state index is -4.33. The van der Waals surface area contributed by atoms with Gasteiger partial charge in [0.1, 0.15) is 0 Å². The first kappa shape index (κ1) is 14.6. The summed E-state index contributed by atoms with van der Waals surface area (Å²) < 4.78 is 37.9. The fraction of sp³-hybridized carbons (Fsp3) is 0.111. The largest absolute Gasteiger partial charge is 0.416 e. The summed E-state index contributed by atoms with van der Waals surface area (Å²) in [4.78, 5) is 0. The van der Waals surface area contributed by atoms with Crippen LogP contribution in [0.15, 0.2) is 60.7 Å². The second kappa shape index (κ2) is 5.46. The summed E-state index contributed by atoms with van der Waals surface area (Å²) in [6.45, 7) is -0.0756. The normalized spacial score (nSPS) is 11.8. The van der Waals surface area contributed by atoms with E-state index in [4.69, 9.17) is 0 Å². The van der Waals surface area contributed by atoms with Crippen LogP contribution in [0, 0.1) is 0 Å². The first-order valence-corrected chi connectivity index (χ1v) is 6.80. The van der Waals surface area contributed by atoms with Gasteiger partial charge in [0, 0.05) is 0 Å². The van der Waals surface area contributed by atoms with E-state index in [1.54, 1.807) is 0 Å². The summed E-state index contributed by atoms with van der Waals surface area (Å²) >= 11 is 0. The van der Waals surface area contributed by atoms with Crippen LogP contribution >= 0.6 is 0 Å². The molecule has 0 heterocycles. The molecule has 1 nitrogen and oxygen atoms in total. The average Bonchev–Trinajstić information content (AvgIpc) is 2.53. The molecule has 0 aromatic heterocycles. The molecule has 3 aromatic rings. The Hall–Kier alpha value is -2.33. The summed E-state index contributed by atoms with van der Waals surface area (Å²) in [5.74, 6) is 0. The van der Waals surface area contributed by atoms with E-state index in [0.29, 0.717) is 5.56 Å². The number of benzene rings is 3. The van der Waals surface area contributed by atoms with Crippen molar-refractivity contribution >= 4 is 10.8 Å². The zero-order valence-corrected chi connectivity index (χ0v) is 11.6. The summed E-state index contributed by atoms with van der Waals surface area (Å²) in [6.07, 6.45) is -4.33. The second-order valence-electron chi connectivity index (χ2n) is 5.05. The molecule has 4 heteroatoms. The van der Waals surface area contributed by atoms with Gasteiger partial charge in [-0.25, -0.2) is 0 Å². The molecule has 0 unspecified atom stereocenters. The van der Waals surface area contributed by atoms with Crippen LogP contribution in [0.25, 0.3) is 21.9 Å². The van der Waals surface area contributed by atoms with Crippen molar-refractivity contribution in [2.75, 3.05) is 0 Å². The molecule has 0 fully saturated rings. The Kier molecular flexibility index (Phi) is 3.62. The van der Waals surface area contributed by atoms with E-state index in [1.165, 1.54) is 12.1 Å². The third-order valence-corrected chi connectivity index (χ3v) is 3.71. The quantitative estimate of drug-likeness (QED) is 0.705. The molecule has 3 rings (SSSR count). The standard InChI is InChI=1S/C18H13F3O/c19-18(20,21)14-9-7-12(8-10-14)15-4-2-5-16-13(11-22)3-1-6-17(15)16/h1-10,22H,11H2. The van der Waals surface area contributed by atoms with Gasteiger partial charge in [-0.05, 0) is 39.6 Å². The van der Waals surface area contributed by atoms with Crippen molar-refractivity contribution in [2.45, 2.75) is 12.8 Å². The van der Waals surface area contributed by atoms with Crippen LogP contribution in [0.5, 0.6) is 0 Å². The van der Waals surface area contributed by atoms with E-state index in [1.807, 2.05) is 36.4 Å². The number of aliphatic hydroxyl groups is 1. The van der Waals surface area contributed by atoms with Gasteiger partial charge in [-0.1, -0.05) is 48.5 Å². The van der Waals surface area contributed by atoms with Gasteiger partial charge < -0.3 is 5.11 Å². The Labute approximate surface area is 125 Å². The minimum absolute atomic E-state index is 0.0756. The number of rotatable bonds is 2. The van der Waals surface area contributed by atoms with Crippen LogP contribution < -0.4 is 0 Å². The highest BCUT2D eigenvalue weighted by atomic mass is 19.4. The predicted octanol–water partition coefficient (Wildman–Crippen LogP) is 5.02. The fourth-order valence-corrected chi connectivity index (χ4v) is 2.60. The molecule has 0 aliphatic carbocycles. The van der Waals surface area contributed by atoms with Gasteiger partial charge >= 0.3 is 6.18 Å². The van der Waals surface area contributed by atoms with E-state index < -0.39 is 11.7 Å². The van der Waals surface area contributed by atoms with Crippen molar-refractivity contribution in [3.8, 4) is 11.1 Å². The van der Waals surface area contributed by atoms with E-state index in [0.717, 1.165) is 34.0 Å². The lowest BCUT2D eigenvalue weighted by atomic mass is 9.95. The van der Waals surface area contributed by atoms with Crippen LogP contribution in [0.2, 0.25) is 0 Å². The molecule has 112 valence electrons. The van der Waals surface area contributed by atoms with Crippen molar-refractivity contribution in [2.24, 2.45) is 0 Å². The summed E-state index contributed by atoms with van der Waals surface area (Å²) in [5, 5.41) is 11.2. The third kappa shape index (κ3) is 2.57. The molecule has 1 N–H and O–H groups in total. The van der Waals surface area contributed by atoms with Crippen LogP contribution in [0.3, 0.4) is 0 Å². The summed E-state index contributed by atoms with van der Waals surface area (Å²) in [5.41, 5.74) is 1.70. The lowest BCUT2D eigenvalue weighted by molar-refractivity contribution is -0.137. The van der Waals surface area contributed by atoms with E-state index >= 15 is 0 Å². The maximum Gasteiger partial charge on any atom is 0.416 e. The number of halogens is 3. The van der Waals surface area contributed by atoms with Gasteiger partial charge in [0.25, 0.3) is 0 Å². The highest BCUT2D eigenvalue weighted by Gasteiger charge is 2.30. The maximum absolute atomic E-state index is 12.6. The van der Waals surface area contributed by atoms with E-state index in [-0.39, 0.29) is 6.61 Å². The van der Waals surface area contributed by atoms with Crippen LogP contribution in [0.1, 0.15) is 11.1 Å². The molecule has 0 amide bonds. The maximum atomic E-state index is 12.6. The molecule has 0 bridgehead atoms. The van der Waals surface area contributed by atoms with Gasteiger partial charge in [-0.2, -0.15) is 13.2 Å². The molecule has 0 saturated heterocycles. The number of fused-ring (bicyclic) bond motifs is 1. The second-order valence-corrected chi connectivity index (χ2v) is 5.05. The molecular formula is C18H13F3O. The molecule has 0 atom stereocenters. The van der Waals surface area contributed by atoms with Crippen LogP contribution in [-0.2, 0) is 12.8 Å². The highest BCUT2D eigenvalue weighted by molar-refractivity contribution is 5.98. The Morgan fingerprint density at radius 1 is 0.773 bits per heavy atom. The van der Waals surface area contributed by atoms with Crippen molar-refractivity contribution in [3.63, 3.8) is 0 Å². The molecule has 22 heavy (non-hydrogen) atoms. The van der Waals surface area contributed by atoms with Gasteiger partial charge in [0.05, 0.1) is 12.2 Å². The Bertz CT molecular complexity index is 805. The minimum Gasteiger partial charge on any atom is -0.392 e. The molecule has 3 aromatic carbocycles. The SMILES string of the molecule is OCc1cccc2c(-c3ccc(C(F)(F)F)cc3)cccc12. The van der Waals surface area contributed by atoms with Crippen LogP contribution in [0.4, 0.5) is 13.2 Å². The van der Waals surface area contributed by atoms with E-state index in [2.05, 4.69) is 0 Å². The molecular weight excluding hydrogens is 289 g/mol. The lowest BCUT2D eigenvalue weighted by Gasteiger charge is -2.11. The first-order chi connectivity index (χ1) is 10.5. The Morgan fingerprint density at radius 2 is 1.41 bits per heavy atom. The predicted molar refractivity (Wildman–Crippen MR) is 80.3 cm³/mol. The fourth-order valence-electron chi connectivity index (χ4n) is 2.60. The van der Waals surface area contributed by atoms with Crippen molar-refractivity contribution in [3.05, 3.63) is 71.8 Å². The first-order valence-electron chi connectivity index (χ1n) is 6.80. The monoisotopic (exact) mass is 302 g/mol. The Morgan fingerprint density at radius 3 is 2.05 bits per heavy atom. The number of aliphatic hydroxyl groups excluding tert-OH is 1. The smallest absolute Gasteiger partial charge is 0.392 e. The Balaban J connectivity index is 2.14. The van der Waals surface area contributed by atoms with Gasteiger partial charge in [0.2, 0.25) is 0 Å². The van der Waals surface area contributed by atoms with Crippen molar-refractivity contribution in [1.29, 1.82) is 0 Å². The van der Waals surface area contributed by atoms with Gasteiger partial charge in [-0.15, -0.1) is 0 Å². The van der Waals surface area contributed by atoms with Gasteiger partial charge in [0.15, 0.2) is 0 Å². The number of hydrogen-bond donors (Lipinski definition) is 1. The van der Waals surface area contributed by atoms with Crippen LogP contribution in [-0.4, -0.2) is 5.11 Å².